The van der Waals surface area contributed by atoms with E-state index in [1.165, 1.54) is 0 Å². The molecule has 2 aromatic carbocycles. The third kappa shape index (κ3) is 3.90. The molecule has 0 radical (unpaired) electrons. The second kappa shape index (κ2) is 7.72. The largest absolute Gasteiger partial charge is 0.481 e. The van der Waals surface area contributed by atoms with Gasteiger partial charge in [0.05, 0.1) is 5.02 Å². The van der Waals surface area contributed by atoms with Crippen molar-refractivity contribution in [3.8, 4) is 17.2 Å². The van der Waals surface area contributed by atoms with Crippen LogP contribution < -0.4 is 19.5 Å². The van der Waals surface area contributed by atoms with Gasteiger partial charge in [-0.2, -0.15) is 0 Å². The third-order valence-electron chi connectivity index (χ3n) is 4.21. The Morgan fingerprint density at radius 1 is 1.19 bits per heavy atom. The fraction of sp³-hybridized carbons (Fsp3) is 0.200. The molecule has 1 aliphatic rings. The number of ether oxygens (including phenoxy) is 3. The van der Waals surface area contributed by atoms with Gasteiger partial charge in [0.15, 0.2) is 18.1 Å². The molecule has 7 heteroatoms. The lowest BCUT2D eigenvalue weighted by molar-refractivity contribution is -0.123. The van der Waals surface area contributed by atoms with Gasteiger partial charge < -0.3 is 19.5 Å². The summed E-state index contributed by atoms with van der Waals surface area (Å²) in [5, 5.41) is 4.23. The number of pyridine rings is 1. The molecule has 0 spiro atoms. The number of carbonyl (C=O) groups is 1. The molecular weight excluding hydrogens is 368 g/mol. The van der Waals surface area contributed by atoms with E-state index in [0.29, 0.717) is 29.3 Å². The van der Waals surface area contributed by atoms with Crippen LogP contribution in [0.3, 0.4) is 0 Å². The third-order valence-corrected chi connectivity index (χ3v) is 4.54. The monoisotopic (exact) mass is 384 g/mol. The van der Waals surface area contributed by atoms with Crippen molar-refractivity contribution >= 4 is 28.4 Å². The number of halogens is 1. The maximum atomic E-state index is 12.1. The van der Waals surface area contributed by atoms with Gasteiger partial charge in [-0.3, -0.25) is 9.78 Å². The van der Waals surface area contributed by atoms with Crippen molar-refractivity contribution in [2.45, 2.75) is 6.42 Å². The summed E-state index contributed by atoms with van der Waals surface area (Å²) in [7, 11) is 0. The molecule has 3 aromatic rings. The van der Waals surface area contributed by atoms with Crippen LogP contribution in [0, 0.1) is 0 Å². The molecule has 1 aliphatic heterocycles. The van der Waals surface area contributed by atoms with Gasteiger partial charge in [0.25, 0.3) is 5.91 Å². The number of nitrogens with one attached hydrogen (secondary N) is 1. The Morgan fingerprint density at radius 2 is 2.07 bits per heavy atom. The summed E-state index contributed by atoms with van der Waals surface area (Å²) in [5.41, 5.74) is 1.70. The molecule has 1 N–H and O–H groups in total. The van der Waals surface area contributed by atoms with Crippen molar-refractivity contribution in [1.82, 2.24) is 10.3 Å². The van der Waals surface area contributed by atoms with Gasteiger partial charge in [-0.15, -0.1) is 0 Å². The first kappa shape index (κ1) is 17.4. The van der Waals surface area contributed by atoms with Crippen molar-refractivity contribution < 1.29 is 19.0 Å². The van der Waals surface area contributed by atoms with Gasteiger partial charge >= 0.3 is 0 Å². The number of rotatable bonds is 6. The quantitative estimate of drug-likeness (QED) is 0.705. The highest BCUT2D eigenvalue weighted by Crippen LogP contribution is 2.32. The summed E-state index contributed by atoms with van der Waals surface area (Å²) in [4.78, 5) is 16.4. The molecule has 2 heterocycles. The summed E-state index contributed by atoms with van der Waals surface area (Å²) in [6.07, 6.45) is 2.35. The van der Waals surface area contributed by atoms with Gasteiger partial charge in [0, 0.05) is 18.1 Å². The van der Waals surface area contributed by atoms with Gasteiger partial charge in [0.2, 0.25) is 6.79 Å². The van der Waals surface area contributed by atoms with Crippen molar-refractivity contribution in [2.24, 2.45) is 0 Å². The fourth-order valence-electron chi connectivity index (χ4n) is 2.87. The maximum absolute atomic E-state index is 12.1. The number of benzene rings is 2. The average molecular weight is 385 g/mol. The molecule has 27 heavy (non-hydrogen) atoms. The fourth-order valence-corrected chi connectivity index (χ4v) is 3.08. The Balaban J connectivity index is 1.30. The van der Waals surface area contributed by atoms with E-state index in [9.17, 15) is 4.79 Å². The lowest BCUT2D eigenvalue weighted by Gasteiger charge is -2.10. The van der Waals surface area contributed by atoms with Crippen LogP contribution in [0.2, 0.25) is 5.02 Å². The molecule has 0 unspecified atom stereocenters. The summed E-state index contributed by atoms with van der Waals surface area (Å²) < 4.78 is 16.3. The summed E-state index contributed by atoms with van der Waals surface area (Å²) in [5.74, 6) is 1.82. The zero-order chi connectivity index (χ0) is 18.6. The highest BCUT2D eigenvalue weighted by Gasteiger charge is 2.13. The van der Waals surface area contributed by atoms with E-state index in [2.05, 4.69) is 10.3 Å². The second-order valence-electron chi connectivity index (χ2n) is 6.02. The van der Waals surface area contributed by atoms with E-state index >= 15 is 0 Å². The number of hydrogen-bond acceptors (Lipinski definition) is 5. The topological polar surface area (TPSA) is 69.7 Å². The highest BCUT2D eigenvalue weighted by atomic mass is 35.5. The van der Waals surface area contributed by atoms with E-state index < -0.39 is 0 Å². The first-order chi connectivity index (χ1) is 13.2. The lowest BCUT2D eigenvalue weighted by atomic mass is 10.1. The summed E-state index contributed by atoms with van der Waals surface area (Å²) in [6, 6.07) is 12.9. The van der Waals surface area contributed by atoms with Gasteiger partial charge in [-0.25, -0.2) is 0 Å². The summed E-state index contributed by atoms with van der Waals surface area (Å²) in [6.45, 7) is 0.664. The first-order valence-electron chi connectivity index (χ1n) is 8.52. The smallest absolute Gasteiger partial charge is 0.257 e. The molecule has 0 bridgehead atoms. The number of fused-ring (bicyclic) bond motifs is 2. The van der Waals surface area contributed by atoms with Gasteiger partial charge in [-0.05, 0) is 48.4 Å². The highest BCUT2D eigenvalue weighted by molar-refractivity contribution is 6.35. The van der Waals surface area contributed by atoms with Crippen LogP contribution >= 0.6 is 11.6 Å². The van der Waals surface area contributed by atoms with Gasteiger partial charge in [-0.1, -0.05) is 17.7 Å². The Hall–Kier alpha value is -2.99. The average Bonchev–Trinajstić information content (AvgIpc) is 3.16. The number of amides is 1. The lowest BCUT2D eigenvalue weighted by Crippen LogP contribution is -2.30. The molecule has 0 saturated heterocycles. The molecule has 0 fully saturated rings. The number of carbonyl (C=O) groups excluding carboxylic acids is 1. The van der Waals surface area contributed by atoms with Crippen molar-refractivity contribution in [3.63, 3.8) is 0 Å². The first-order valence-corrected chi connectivity index (χ1v) is 8.90. The molecule has 138 valence electrons. The predicted molar refractivity (Wildman–Crippen MR) is 102 cm³/mol. The number of hydrogen-bond donors (Lipinski definition) is 1. The Bertz CT molecular complexity index is 993. The van der Waals surface area contributed by atoms with E-state index in [1.54, 1.807) is 24.4 Å². The van der Waals surface area contributed by atoms with Crippen molar-refractivity contribution in [2.75, 3.05) is 19.9 Å². The minimum absolute atomic E-state index is 0.0888. The van der Waals surface area contributed by atoms with E-state index in [-0.39, 0.29) is 19.3 Å². The van der Waals surface area contributed by atoms with Crippen LogP contribution in [0.4, 0.5) is 0 Å². The Kier molecular flexibility index (Phi) is 4.98. The molecule has 0 atom stereocenters. The zero-order valence-electron chi connectivity index (χ0n) is 14.4. The second-order valence-corrected chi connectivity index (χ2v) is 6.43. The number of aromatic nitrogens is 1. The normalized spacial score (nSPS) is 12.2. The van der Waals surface area contributed by atoms with Crippen molar-refractivity contribution in [3.05, 3.63) is 59.2 Å². The van der Waals surface area contributed by atoms with Crippen LogP contribution in [0.15, 0.2) is 48.7 Å². The molecular formula is C20H17ClN2O4. The van der Waals surface area contributed by atoms with Gasteiger partial charge in [0.1, 0.15) is 11.3 Å². The zero-order valence-corrected chi connectivity index (χ0v) is 15.2. The summed E-state index contributed by atoms with van der Waals surface area (Å²) >= 11 is 6.16. The van der Waals surface area contributed by atoms with Crippen LogP contribution in [-0.4, -0.2) is 30.8 Å². The minimum Gasteiger partial charge on any atom is -0.481 e. The van der Waals surface area contributed by atoms with Crippen LogP contribution in [0.1, 0.15) is 5.56 Å². The van der Waals surface area contributed by atoms with E-state index in [1.807, 2.05) is 24.3 Å². The van der Waals surface area contributed by atoms with E-state index in [0.717, 1.165) is 22.4 Å². The molecule has 4 rings (SSSR count). The molecule has 1 amide bonds. The Morgan fingerprint density at radius 3 is 3.00 bits per heavy atom. The standard InChI is InChI=1S/C20H17ClN2O4/c21-15-4-6-17(20-14(15)2-1-8-23-20)25-11-19(24)22-9-7-13-3-5-16-18(10-13)27-12-26-16/h1-6,8,10H,7,9,11-12H2,(H,22,24). The van der Waals surface area contributed by atoms with Crippen LogP contribution in [0.25, 0.3) is 10.9 Å². The van der Waals surface area contributed by atoms with E-state index in [4.69, 9.17) is 25.8 Å². The predicted octanol–water partition coefficient (Wildman–Crippen LogP) is 3.35. The van der Waals surface area contributed by atoms with Crippen LogP contribution in [-0.2, 0) is 11.2 Å². The molecule has 0 saturated carbocycles. The Labute approximate surface area is 161 Å². The SMILES string of the molecule is O=C(COc1ccc(Cl)c2cccnc12)NCCc1ccc2c(c1)OCO2. The number of nitrogens with zero attached hydrogens (tertiary/aromatic N) is 1. The molecule has 6 nitrogen and oxygen atoms in total. The molecule has 1 aromatic heterocycles. The maximum Gasteiger partial charge on any atom is 0.257 e. The molecule has 0 aliphatic carbocycles. The van der Waals surface area contributed by atoms with Crippen molar-refractivity contribution in [1.29, 1.82) is 0 Å². The van der Waals surface area contributed by atoms with Crippen LogP contribution in [0.5, 0.6) is 17.2 Å². The minimum atomic E-state index is -0.199.